The Morgan fingerprint density at radius 2 is 1.03 bits per heavy atom. The van der Waals surface area contributed by atoms with Crippen molar-refractivity contribution < 1.29 is 56.4 Å². The predicted octanol–water partition coefficient (Wildman–Crippen LogP) is 13.7. The fourth-order valence-electron chi connectivity index (χ4n) is 10.5. The summed E-state index contributed by atoms with van der Waals surface area (Å²) in [5.74, 6) is -1.11. The van der Waals surface area contributed by atoms with E-state index in [4.69, 9.17) is 23.7 Å². The Kier molecular flexibility index (Phi) is 21.2. The van der Waals surface area contributed by atoms with Gasteiger partial charge < -0.3 is 33.9 Å². The van der Waals surface area contributed by atoms with Gasteiger partial charge in [-0.1, -0.05) is 60.7 Å². The fourth-order valence-corrected chi connectivity index (χ4v) is 12.5. The van der Waals surface area contributed by atoms with Gasteiger partial charge in [0.2, 0.25) is 11.8 Å². The van der Waals surface area contributed by atoms with Gasteiger partial charge in [0, 0.05) is 108 Å². The number of para-hydroxylation sites is 2. The molecule has 10 aromatic rings. The molecule has 0 saturated carbocycles. The molecule has 0 spiro atoms. The zero-order valence-electron chi connectivity index (χ0n) is 52.8. The standard InChI is InChI=1S/C38H38FN5O6S.C33H30FN5O4S/c1-38(2,3)50-37(47)42(18-19-48-4)24-26-10-12-29(41-23-26)33-22-30-35(51-33)32(14-15-40-30)49-31-13-11-25(20-28(31)39)21-34(45)44-17-16-43(36(44)46)27-8-6-5-7-9-27;1-42-16-13-35-20-23-7-9-26(37-21-23)30-19-27-32(44-30)29(11-12-36-27)43-28-10-8-22(17-25(28)34)18-31(40)39-15-14-38(33(39)41)24-5-3-2-4-6-24/h5-15,20,22-23H,16-19,21,24H2,1-4H3;2-12,17,19,21,35H,13-16,18,20H2,1H3. The van der Waals surface area contributed by atoms with Crippen LogP contribution in [-0.4, -0.2) is 137 Å². The number of benzene rings is 4. The Morgan fingerprint density at radius 3 is 1.47 bits per heavy atom. The topological polar surface area (TPSA) is 211 Å². The zero-order valence-corrected chi connectivity index (χ0v) is 54.5. The number of urea groups is 2. The lowest BCUT2D eigenvalue weighted by Crippen LogP contribution is -2.38. The highest BCUT2D eigenvalue weighted by Gasteiger charge is 2.35. The van der Waals surface area contributed by atoms with Crippen LogP contribution in [0.1, 0.15) is 43.0 Å². The van der Waals surface area contributed by atoms with Crippen molar-refractivity contribution in [3.63, 3.8) is 0 Å². The molecule has 2 aliphatic heterocycles. The van der Waals surface area contributed by atoms with Gasteiger partial charge in [0.1, 0.15) is 17.1 Å². The molecule has 2 aliphatic rings. The van der Waals surface area contributed by atoms with Crippen molar-refractivity contribution in [2.24, 2.45) is 0 Å². The van der Waals surface area contributed by atoms with E-state index in [0.29, 0.717) is 84.5 Å². The van der Waals surface area contributed by atoms with Gasteiger partial charge in [-0.05, 0) is 116 Å². The van der Waals surface area contributed by atoms with E-state index in [0.717, 1.165) is 54.7 Å². The first-order chi connectivity index (χ1) is 46.0. The largest absolute Gasteiger partial charge is 0.453 e. The van der Waals surface area contributed by atoms with E-state index in [1.54, 1.807) is 71.8 Å². The smallest absolute Gasteiger partial charge is 0.410 e. The Labute approximate surface area is 555 Å². The lowest BCUT2D eigenvalue weighted by molar-refractivity contribution is -0.127. The van der Waals surface area contributed by atoms with E-state index in [1.807, 2.05) is 124 Å². The maximum absolute atomic E-state index is 15.3. The number of amides is 7. The number of fused-ring (bicyclic) bond motifs is 2. The van der Waals surface area contributed by atoms with Crippen molar-refractivity contribution in [3.8, 4) is 44.1 Å². The number of hydrogen-bond donors (Lipinski definition) is 1. The molecule has 2 fully saturated rings. The molecule has 1 N–H and O–H groups in total. The first-order valence-corrected chi connectivity index (χ1v) is 32.2. The molecular formula is C71H68F2N10O10S2. The van der Waals surface area contributed by atoms with Crippen molar-refractivity contribution >= 4 is 84.5 Å². The maximum atomic E-state index is 15.3. The van der Waals surface area contributed by atoms with Crippen LogP contribution < -0.4 is 24.6 Å². The van der Waals surface area contributed by atoms with Crippen molar-refractivity contribution in [3.05, 3.63) is 204 Å². The summed E-state index contributed by atoms with van der Waals surface area (Å²) in [6, 6.07) is 41.3. The van der Waals surface area contributed by atoms with E-state index in [-0.39, 0.29) is 49.4 Å². The average molecular weight is 1320 g/mol. The first-order valence-electron chi connectivity index (χ1n) is 30.6. The minimum Gasteiger partial charge on any atom is -0.453 e. The highest BCUT2D eigenvalue weighted by Crippen LogP contribution is 2.41. The lowest BCUT2D eigenvalue weighted by Gasteiger charge is -2.27. The number of anilines is 2. The number of thiophene rings is 2. The third-order valence-electron chi connectivity index (χ3n) is 15.2. The molecule has 0 radical (unpaired) electrons. The Bertz CT molecular complexity index is 4370. The first kappa shape index (κ1) is 66.3. The van der Waals surface area contributed by atoms with Crippen molar-refractivity contribution in [1.82, 2.24) is 40.0 Å². The van der Waals surface area contributed by atoms with Crippen LogP contribution in [0.4, 0.5) is 34.5 Å². The third kappa shape index (κ3) is 16.5. The van der Waals surface area contributed by atoms with Crippen molar-refractivity contribution in [1.29, 1.82) is 0 Å². The summed E-state index contributed by atoms with van der Waals surface area (Å²) in [4.78, 5) is 91.5. The Morgan fingerprint density at radius 1 is 0.558 bits per heavy atom. The fraction of sp³-hybridized carbons (Fsp3) is 0.254. The summed E-state index contributed by atoms with van der Waals surface area (Å²) in [5, 5.41) is 3.30. The molecule has 24 heteroatoms. The Balaban J connectivity index is 0.000000195. The van der Waals surface area contributed by atoms with Gasteiger partial charge in [0.05, 0.1) is 74.2 Å². The van der Waals surface area contributed by atoms with Gasteiger partial charge in [0.25, 0.3) is 0 Å². The van der Waals surface area contributed by atoms with E-state index >= 15 is 8.78 Å². The normalized spacial score (nSPS) is 13.2. The second kappa shape index (κ2) is 30.3. The molecule has 7 amide bonds. The molecule has 8 heterocycles. The van der Waals surface area contributed by atoms with Gasteiger partial charge in [-0.15, -0.1) is 22.7 Å². The Hall–Kier alpha value is -10.1. The summed E-state index contributed by atoms with van der Waals surface area (Å²) in [5.41, 5.74) is 6.50. The van der Waals surface area contributed by atoms with Crippen molar-refractivity contribution in [2.45, 2.75) is 52.3 Å². The number of pyridine rings is 4. The van der Waals surface area contributed by atoms with Crippen LogP contribution in [0.2, 0.25) is 0 Å². The van der Waals surface area contributed by atoms with E-state index in [9.17, 15) is 24.0 Å². The highest BCUT2D eigenvalue weighted by molar-refractivity contribution is 7.23. The van der Waals surface area contributed by atoms with Crippen LogP contribution >= 0.6 is 22.7 Å². The molecule has 20 nitrogen and oxygen atoms in total. The van der Waals surface area contributed by atoms with Crippen LogP contribution in [0.5, 0.6) is 23.0 Å². The SMILES string of the molecule is COCCN(Cc1ccc(-c2cc3nccc(Oc4ccc(CC(=O)N5CCN(c6ccccc6)C5=O)cc4F)c3s2)nc1)C(=O)OC(C)(C)C.COCCNCc1ccc(-c2cc3nccc(Oc4ccc(CC(=O)N5CCN(c6ccccc6)C5=O)cc4F)c3s2)nc1. The van der Waals surface area contributed by atoms with Crippen LogP contribution in [0.15, 0.2) is 170 Å². The number of ether oxygens (including phenoxy) is 5. The number of nitrogens with zero attached hydrogens (tertiary/aromatic N) is 9. The number of rotatable bonds is 22. The summed E-state index contributed by atoms with van der Waals surface area (Å²) in [7, 11) is 3.25. The maximum Gasteiger partial charge on any atom is 0.410 e. The average Bonchev–Trinajstić information content (AvgIpc) is 1.74. The second-order valence-corrected chi connectivity index (χ2v) is 25.3. The van der Waals surface area contributed by atoms with E-state index in [2.05, 4.69) is 25.3 Å². The molecule has 488 valence electrons. The van der Waals surface area contributed by atoms with Crippen LogP contribution in [-0.2, 0) is 49.7 Å². The molecule has 6 aromatic heterocycles. The summed E-state index contributed by atoms with van der Waals surface area (Å²) in [6.45, 7) is 9.97. The second-order valence-electron chi connectivity index (χ2n) is 23.2. The van der Waals surface area contributed by atoms with Crippen molar-refractivity contribution in [2.75, 3.05) is 76.5 Å². The molecular weight excluding hydrogens is 1250 g/mol. The molecule has 0 atom stereocenters. The lowest BCUT2D eigenvalue weighted by atomic mass is 10.1. The number of imide groups is 2. The molecule has 12 rings (SSSR count). The van der Waals surface area contributed by atoms with Gasteiger partial charge in [-0.25, -0.2) is 23.2 Å². The van der Waals surface area contributed by atoms with Gasteiger partial charge in [-0.3, -0.25) is 49.1 Å². The molecule has 4 aromatic carbocycles. The molecule has 0 bridgehead atoms. The number of carbonyl (C=O) groups is 5. The monoisotopic (exact) mass is 1320 g/mol. The summed E-state index contributed by atoms with van der Waals surface area (Å²) in [6.07, 6.45) is 6.10. The highest BCUT2D eigenvalue weighted by atomic mass is 32.1. The minimum atomic E-state index is -0.635. The minimum absolute atomic E-state index is 0.00774. The van der Waals surface area contributed by atoms with Crippen LogP contribution in [0, 0.1) is 11.6 Å². The number of halogens is 2. The van der Waals surface area contributed by atoms with Gasteiger partial charge in [-0.2, -0.15) is 0 Å². The van der Waals surface area contributed by atoms with Gasteiger partial charge in [0.15, 0.2) is 23.1 Å². The molecule has 95 heavy (non-hydrogen) atoms. The third-order valence-corrected chi connectivity index (χ3v) is 17.5. The zero-order chi connectivity index (χ0) is 66.6. The summed E-state index contributed by atoms with van der Waals surface area (Å²) < 4.78 is 59.8. The number of aromatic nitrogens is 4. The van der Waals surface area contributed by atoms with E-state index in [1.165, 1.54) is 56.7 Å². The van der Waals surface area contributed by atoms with Crippen LogP contribution in [0.25, 0.3) is 41.6 Å². The van der Waals surface area contributed by atoms with Gasteiger partial charge >= 0.3 is 18.2 Å². The molecule has 2 saturated heterocycles. The number of methoxy groups -OCH3 is 2. The molecule has 0 unspecified atom stereocenters. The summed E-state index contributed by atoms with van der Waals surface area (Å²) >= 11 is 2.88. The number of hydrogen-bond acceptors (Lipinski definition) is 17. The van der Waals surface area contributed by atoms with E-state index < -0.39 is 35.3 Å². The van der Waals surface area contributed by atoms with Crippen LogP contribution in [0.3, 0.4) is 0 Å². The quantitative estimate of drug-likeness (QED) is 0.0625. The predicted molar refractivity (Wildman–Crippen MR) is 360 cm³/mol. The number of nitrogens with one attached hydrogen (secondary N) is 1. The number of carbonyl (C=O) groups excluding carboxylic acids is 5. The molecule has 0 aliphatic carbocycles.